The van der Waals surface area contributed by atoms with E-state index in [0.717, 1.165) is 13.1 Å². The molecule has 2 aromatic carbocycles. The van der Waals surface area contributed by atoms with Crippen molar-refractivity contribution < 1.29 is 0 Å². The minimum atomic E-state index is 0.350. The Morgan fingerprint density at radius 2 is 1.67 bits per heavy atom. The van der Waals surface area contributed by atoms with Gasteiger partial charge in [0.05, 0.1) is 0 Å². The zero-order valence-electron chi connectivity index (χ0n) is 15.5. The van der Waals surface area contributed by atoms with Gasteiger partial charge in [-0.05, 0) is 49.2 Å². The maximum atomic E-state index is 3.62. The molecule has 1 atom stereocenters. The second kappa shape index (κ2) is 10.3. The Morgan fingerprint density at radius 3 is 2.42 bits per heavy atom. The second-order valence-electron chi connectivity index (χ2n) is 6.47. The third kappa shape index (κ3) is 5.47. The van der Waals surface area contributed by atoms with E-state index in [0.29, 0.717) is 6.04 Å². The maximum Gasteiger partial charge on any atom is 0.0300 e. The van der Waals surface area contributed by atoms with Gasteiger partial charge >= 0.3 is 0 Å². The molecule has 0 amide bonds. The van der Waals surface area contributed by atoms with Crippen molar-refractivity contribution in [3.8, 4) is 0 Å². The van der Waals surface area contributed by atoms with Gasteiger partial charge in [0.25, 0.3) is 0 Å². The fourth-order valence-corrected chi connectivity index (χ4v) is 3.22. The molecule has 0 aliphatic rings. The molecule has 0 fully saturated rings. The quantitative estimate of drug-likeness (QED) is 0.607. The van der Waals surface area contributed by atoms with Crippen LogP contribution in [-0.2, 0) is 0 Å². The summed E-state index contributed by atoms with van der Waals surface area (Å²) >= 11 is 0. The van der Waals surface area contributed by atoms with Gasteiger partial charge in [0.1, 0.15) is 0 Å². The molecule has 0 heterocycles. The Bertz CT molecular complexity index is 621. The number of hydrogen-bond donors (Lipinski definition) is 1. The van der Waals surface area contributed by atoms with E-state index in [-0.39, 0.29) is 0 Å². The fraction of sp³-hybridized carbons (Fsp3) is 0.455. The Morgan fingerprint density at radius 1 is 0.958 bits per heavy atom. The Kier molecular flexibility index (Phi) is 8.00. The summed E-state index contributed by atoms with van der Waals surface area (Å²) in [5.74, 6) is 0. The Labute approximate surface area is 147 Å². The van der Waals surface area contributed by atoms with Gasteiger partial charge in [0, 0.05) is 19.1 Å². The van der Waals surface area contributed by atoms with Crippen molar-refractivity contribution in [1.82, 2.24) is 10.2 Å². The summed E-state index contributed by atoms with van der Waals surface area (Å²) in [6.07, 6.45) is 7.02. The van der Waals surface area contributed by atoms with Gasteiger partial charge in [-0.1, -0.05) is 68.5 Å². The first kappa shape index (κ1) is 18.7. The van der Waals surface area contributed by atoms with E-state index in [4.69, 9.17) is 0 Å². The molecule has 0 bridgehead atoms. The van der Waals surface area contributed by atoms with Crippen LogP contribution in [-0.4, -0.2) is 31.1 Å². The lowest BCUT2D eigenvalue weighted by Crippen LogP contribution is -2.25. The first-order valence-corrected chi connectivity index (χ1v) is 9.34. The SMILES string of the molecule is CCCN(C/C=C/CN[C@H](C)c1cccc2ccccc12)CCC. The molecule has 0 radical (unpaired) electrons. The predicted octanol–water partition coefficient (Wildman–Crippen LogP) is 5.17. The minimum absolute atomic E-state index is 0.350. The standard InChI is InChI=1S/C22H32N2/c1-4-16-24(17-5-2)18-9-8-15-23-19(3)21-14-10-12-20-11-6-7-13-22(20)21/h6-14,19,23H,4-5,15-18H2,1-3H3/b9-8+/t19-/m1/s1. The highest BCUT2D eigenvalue weighted by molar-refractivity contribution is 5.86. The smallest absolute Gasteiger partial charge is 0.0300 e. The molecule has 0 aliphatic heterocycles. The van der Waals surface area contributed by atoms with E-state index in [1.54, 1.807) is 0 Å². The molecule has 0 saturated carbocycles. The van der Waals surface area contributed by atoms with Gasteiger partial charge in [0.15, 0.2) is 0 Å². The van der Waals surface area contributed by atoms with Crippen molar-refractivity contribution in [3.63, 3.8) is 0 Å². The molecule has 2 aromatic rings. The number of nitrogens with zero attached hydrogens (tertiary/aromatic N) is 1. The summed E-state index contributed by atoms with van der Waals surface area (Å²) in [6, 6.07) is 15.5. The van der Waals surface area contributed by atoms with E-state index in [9.17, 15) is 0 Å². The number of benzene rings is 2. The van der Waals surface area contributed by atoms with Gasteiger partial charge in [-0.2, -0.15) is 0 Å². The summed E-state index contributed by atoms with van der Waals surface area (Å²) in [5.41, 5.74) is 1.38. The fourth-order valence-electron chi connectivity index (χ4n) is 3.22. The van der Waals surface area contributed by atoms with E-state index in [1.807, 2.05) is 0 Å². The highest BCUT2D eigenvalue weighted by Crippen LogP contribution is 2.23. The van der Waals surface area contributed by atoms with Gasteiger partial charge in [-0.25, -0.2) is 0 Å². The van der Waals surface area contributed by atoms with Crippen LogP contribution in [0, 0.1) is 0 Å². The number of hydrogen-bond acceptors (Lipinski definition) is 2. The molecule has 0 spiro atoms. The summed E-state index contributed by atoms with van der Waals surface area (Å²) in [5, 5.41) is 6.29. The van der Waals surface area contributed by atoms with Crippen LogP contribution in [0.25, 0.3) is 10.8 Å². The summed E-state index contributed by atoms with van der Waals surface area (Å²) in [4.78, 5) is 2.52. The van der Waals surface area contributed by atoms with Crippen LogP contribution in [0.2, 0.25) is 0 Å². The molecule has 0 unspecified atom stereocenters. The highest BCUT2D eigenvalue weighted by Gasteiger charge is 2.07. The van der Waals surface area contributed by atoms with E-state index in [2.05, 4.69) is 85.6 Å². The van der Waals surface area contributed by atoms with Gasteiger partial charge in [-0.15, -0.1) is 0 Å². The van der Waals surface area contributed by atoms with Crippen LogP contribution in [0.15, 0.2) is 54.6 Å². The third-order valence-corrected chi connectivity index (χ3v) is 4.44. The van der Waals surface area contributed by atoms with Crippen LogP contribution in [0.1, 0.15) is 45.2 Å². The lowest BCUT2D eigenvalue weighted by atomic mass is 10.00. The number of nitrogens with one attached hydrogen (secondary N) is 1. The maximum absolute atomic E-state index is 3.62. The zero-order chi connectivity index (χ0) is 17.2. The van der Waals surface area contributed by atoms with Crippen molar-refractivity contribution in [1.29, 1.82) is 0 Å². The van der Waals surface area contributed by atoms with E-state index >= 15 is 0 Å². The summed E-state index contributed by atoms with van der Waals surface area (Å²) in [6.45, 7) is 11.1. The van der Waals surface area contributed by atoms with E-state index < -0.39 is 0 Å². The van der Waals surface area contributed by atoms with Crippen LogP contribution in [0.5, 0.6) is 0 Å². The molecule has 24 heavy (non-hydrogen) atoms. The second-order valence-corrected chi connectivity index (χ2v) is 6.47. The normalized spacial score (nSPS) is 13.2. The largest absolute Gasteiger partial charge is 0.307 e. The van der Waals surface area contributed by atoms with Crippen molar-refractivity contribution in [2.24, 2.45) is 0 Å². The highest BCUT2D eigenvalue weighted by atomic mass is 15.1. The molecular weight excluding hydrogens is 292 g/mol. The molecular formula is C22H32N2. The van der Waals surface area contributed by atoms with Crippen molar-refractivity contribution in [2.75, 3.05) is 26.2 Å². The van der Waals surface area contributed by atoms with Crippen molar-refractivity contribution in [2.45, 2.75) is 39.7 Å². The third-order valence-electron chi connectivity index (χ3n) is 4.44. The number of rotatable bonds is 10. The summed E-state index contributed by atoms with van der Waals surface area (Å²) < 4.78 is 0. The van der Waals surface area contributed by atoms with Crippen molar-refractivity contribution >= 4 is 10.8 Å². The average molecular weight is 325 g/mol. The van der Waals surface area contributed by atoms with Gasteiger partial charge < -0.3 is 5.32 Å². The van der Waals surface area contributed by atoms with Gasteiger partial charge in [-0.3, -0.25) is 4.90 Å². The predicted molar refractivity (Wildman–Crippen MR) is 107 cm³/mol. The van der Waals surface area contributed by atoms with Crippen LogP contribution in [0.4, 0.5) is 0 Å². The van der Waals surface area contributed by atoms with E-state index in [1.165, 1.54) is 42.3 Å². The lowest BCUT2D eigenvalue weighted by molar-refractivity contribution is 0.303. The van der Waals surface area contributed by atoms with Crippen molar-refractivity contribution in [3.05, 3.63) is 60.2 Å². The molecule has 0 aromatic heterocycles. The monoisotopic (exact) mass is 324 g/mol. The zero-order valence-corrected chi connectivity index (χ0v) is 15.5. The molecule has 130 valence electrons. The molecule has 2 heteroatoms. The molecule has 0 aliphatic carbocycles. The molecule has 2 nitrogen and oxygen atoms in total. The molecule has 2 rings (SSSR count). The summed E-state index contributed by atoms with van der Waals surface area (Å²) in [7, 11) is 0. The average Bonchev–Trinajstić information content (AvgIpc) is 2.61. The van der Waals surface area contributed by atoms with Gasteiger partial charge in [0.2, 0.25) is 0 Å². The first-order valence-electron chi connectivity index (χ1n) is 9.34. The Balaban J connectivity index is 1.86. The van der Waals surface area contributed by atoms with Crippen LogP contribution < -0.4 is 5.32 Å². The Hall–Kier alpha value is -1.64. The minimum Gasteiger partial charge on any atom is -0.307 e. The van der Waals surface area contributed by atoms with Crippen LogP contribution in [0.3, 0.4) is 0 Å². The molecule has 1 N–H and O–H groups in total. The first-order chi connectivity index (χ1) is 11.8. The molecule has 0 saturated heterocycles. The lowest BCUT2D eigenvalue weighted by Gasteiger charge is -2.19. The number of fused-ring (bicyclic) bond motifs is 1. The van der Waals surface area contributed by atoms with Crippen LogP contribution >= 0.6 is 0 Å². The topological polar surface area (TPSA) is 15.3 Å².